The van der Waals surface area contributed by atoms with Crippen molar-refractivity contribution in [2.75, 3.05) is 33.3 Å². The summed E-state index contributed by atoms with van der Waals surface area (Å²) in [5, 5.41) is 10.4. The molecule has 140 valence electrons. The van der Waals surface area contributed by atoms with Crippen LogP contribution in [0.4, 0.5) is 4.79 Å². The number of aliphatic hydroxyl groups excluding tert-OH is 1. The maximum atomic E-state index is 12.0. The molecule has 1 amide bonds. The van der Waals surface area contributed by atoms with Crippen LogP contribution in [0.3, 0.4) is 0 Å². The summed E-state index contributed by atoms with van der Waals surface area (Å²) in [5.41, 5.74) is -0.311. The van der Waals surface area contributed by atoms with Crippen LogP contribution >= 0.6 is 0 Å². The van der Waals surface area contributed by atoms with Gasteiger partial charge in [-0.2, -0.15) is 0 Å². The van der Waals surface area contributed by atoms with Crippen molar-refractivity contribution < 1.29 is 19.4 Å². The lowest BCUT2D eigenvalue weighted by molar-refractivity contribution is -0.130. The number of likely N-dealkylation sites (N-methyl/N-ethyl adjacent to an activating group) is 1. The van der Waals surface area contributed by atoms with Crippen molar-refractivity contribution in [2.24, 2.45) is 5.41 Å². The minimum absolute atomic E-state index is 0.214. The van der Waals surface area contributed by atoms with E-state index in [0.29, 0.717) is 12.6 Å². The van der Waals surface area contributed by atoms with E-state index < -0.39 is 17.8 Å². The number of amides is 1. The Morgan fingerprint density at radius 2 is 2.12 bits per heavy atom. The molecule has 0 saturated carbocycles. The molecule has 3 atom stereocenters. The molecule has 0 bridgehead atoms. The summed E-state index contributed by atoms with van der Waals surface area (Å²) in [7, 11) is 1.66. The summed E-state index contributed by atoms with van der Waals surface area (Å²) in [4.78, 5) is 15.7. The highest BCUT2D eigenvalue weighted by Gasteiger charge is 2.50. The van der Waals surface area contributed by atoms with Crippen LogP contribution in [0.5, 0.6) is 0 Å². The molecule has 0 spiro atoms. The molecule has 0 radical (unpaired) electrons. The Morgan fingerprint density at radius 1 is 1.46 bits per heavy atom. The van der Waals surface area contributed by atoms with Gasteiger partial charge in [0.2, 0.25) is 0 Å². The number of carbonyl (C=O) groups is 1. The van der Waals surface area contributed by atoms with Gasteiger partial charge in [-0.3, -0.25) is 4.90 Å². The van der Waals surface area contributed by atoms with Crippen molar-refractivity contribution in [1.29, 1.82) is 0 Å². The van der Waals surface area contributed by atoms with Crippen LogP contribution in [0.25, 0.3) is 0 Å². The average molecular weight is 342 g/mol. The van der Waals surface area contributed by atoms with Gasteiger partial charge >= 0.3 is 6.09 Å². The molecule has 2 aliphatic rings. The predicted molar refractivity (Wildman–Crippen MR) is 93.0 cm³/mol. The molecule has 2 aliphatic heterocycles. The number of nitrogens with zero attached hydrogens (tertiary/aromatic N) is 2. The third-order valence-corrected chi connectivity index (χ3v) is 4.76. The van der Waals surface area contributed by atoms with Gasteiger partial charge in [0, 0.05) is 32.8 Å². The minimum atomic E-state index is -0.595. The highest BCUT2D eigenvalue weighted by atomic mass is 16.6. The third kappa shape index (κ3) is 4.83. The number of rotatable bonds is 5. The van der Waals surface area contributed by atoms with Crippen LogP contribution in [-0.2, 0) is 9.47 Å². The van der Waals surface area contributed by atoms with Gasteiger partial charge in [0.05, 0.1) is 18.8 Å². The molecule has 24 heavy (non-hydrogen) atoms. The van der Waals surface area contributed by atoms with Gasteiger partial charge in [-0.25, -0.2) is 4.79 Å². The van der Waals surface area contributed by atoms with Gasteiger partial charge in [0.1, 0.15) is 5.60 Å². The van der Waals surface area contributed by atoms with Gasteiger partial charge in [0.15, 0.2) is 0 Å². The lowest BCUT2D eigenvalue weighted by Crippen LogP contribution is -2.68. The molecule has 0 aliphatic carbocycles. The number of β-amino-alcohol motifs (C(OH)–C–C–N with tert-alkyl or cyclic N) is 1. The molecule has 0 unspecified atom stereocenters. The van der Waals surface area contributed by atoms with Crippen molar-refractivity contribution in [3.63, 3.8) is 0 Å². The molecule has 1 N–H and O–H groups in total. The topological polar surface area (TPSA) is 62.2 Å². The van der Waals surface area contributed by atoms with E-state index in [1.807, 2.05) is 20.8 Å². The third-order valence-electron chi connectivity index (χ3n) is 4.76. The normalized spacial score (nSPS) is 28.3. The fourth-order valence-corrected chi connectivity index (χ4v) is 3.92. The van der Waals surface area contributed by atoms with Crippen molar-refractivity contribution in [3.8, 4) is 0 Å². The summed E-state index contributed by atoms with van der Waals surface area (Å²) in [5.74, 6) is 0. The molecule has 6 nitrogen and oxygen atoms in total. The zero-order chi connectivity index (χ0) is 18.1. The highest BCUT2D eigenvalue weighted by Crippen LogP contribution is 2.42. The van der Waals surface area contributed by atoms with Crippen molar-refractivity contribution in [3.05, 3.63) is 0 Å². The summed E-state index contributed by atoms with van der Waals surface area (Å²) in [6.07, 6.45) is 1.49. The summed E-state index contributed by atoms with van der Waals surface area (Å²) >= 11 is 0. The molecule has 2 saturated heterocycles. The van der Waals surface area contributed by atoms with Crippen molar-refractivity contribution >= 4 is 6.09 Å². The van der Waals surface area contributed by atoms with E-state index in [9.17, 15) is 9.90 Å². The maximum Gasteiger partial charge on any atom is 0.410 e. The zero-order valence-electron chi connectivity index (χ0n) is 16.0. The molecule has 0 aromatic heterocycles. The fourth-order valence-electron chi connectivity index (χ4n) is 3.92. The first kappa shape index (κ1) is 19.5. The Balaban J connectivity index is 1.83. The molecule has 0 aromatic carbocycles. The number of likely N-dealkylation sites (tertiary alicyclic amines) is 1. The number of hydrogen-bond acceptors (Lipinski definition) is 5. The van der Waals surface area contributed by atoms with Crippen LogP contribution < -0.4 is 0 Å². The second kappa shape index (κ2) is 7.18. The van der Waals surface area contributed by atoms with Crippen molar-refractivity contribution in [1.82, 2.24) is 9.80 Å². The fraction of sp³-hybridized carbons (Fsp3) is 0.944. The van der Waals surface area contributed by atoms with Crippen LogP contribution in [0, 0.1) is 5.41 Å². The largest absolute Gasteiger partial charge is 0.444 e. The van der Waals surface area contributed by atoms with E-state index in [0.717, 1.165) is 26.0 Å². The van der Waals surface area contributed by atoms with Crippen LogP contribution in [-0.4, -0.2) is 78.1 Å². The maximum absolute atomic E-state index is 12.0. The molecule has 2 rings (SSSR count). The van der Waals surface area contributed by atoms with E-state index in [1.54, 1.807) is 7.05 Å². The van der Waals surface area contributed by atoms with E-state index in [-0.39, 0.29) is 18.1 Å². The second-order valence-electron chi connectivity index (χ2n) is 8.93. The first-order valence-electron chi connectivity index (χ1n) is 8.97. The summed E-state index contributed by atoms with van der Waals surface area (Å²) in [6, 6.07) is 0.349. The van der Waals surface area contributed by atoms with Gasteiger partial charge in [-0.05, 0) is 39.0 Å². The first-order chi connectivity index (χ1) is 11.0. The molecular formula is C18H34N2O4. The SMILES string of the molecule is CN(C[C@H](O)CN1CC(C)(C)[C@H]1[C@@H]1CCCO1)C(=O)OC(C)(C)C. The number of hydrogen-bond donors (Lipinski definition) is 1. The van der Waals surface area contributed by atoms with Crippen LogP contribution in [0.2, 0.25) is 0 Å². The number of aliphatic hydroxyl groups is 1. The quantitative estimate of drug-likeness (QED) is 0.829. The lowest BCUT2D eigenvalue weighted by atomic mass is 9.71. The number of carbonyl (C=O) groups excluding carboxylic acids is 1. The molecular weight excluding hydrogens is 308 g/mol. The van der Waals surface area contributed by atoms with E-state index in [1.165, 1.54) is 4.90 Å². The molecule has 6 heteroatoms. The highest BCUT2D eigenvalue weighted by molar-refractivity contribution is 5.67. The molecule has 2 heterocycles. The Morgan fingerprint density at radius 3 is 2.62 bits per heavy atom. The predicted octanol–water partition coefficient (Wildman–Crippen LogP) is 2.10. The van der Waals surface area contributed by atoms with E-state index >= 15 is 0 Å². The Labute approximate surface area is 146 Å². The van der Waals surface area contributed by atoms with Crippen LogP contribution in [0.1, 0.15) is 47.5 Å². The van der Waals surface area contributed by atoms with Gasteiger partial charge in [0.25, 0.3) is 0 Å². The molecule has 0 aromatic rings. The summed E-state index contributed by atoms with van der Waals surface area (Å²) in [6.45, 7) is 12.6. The minimum Gasteiger partial charge on any atom is -0.444 e. The first-order valence-corrected chi connectivity index (χ1v) is 8.97. The molecule has 2 fully saturated rings. The standard InChI is InChI=1S/C18H34N2O4/c1-17(2,3)24-16(22)19(6)10-13(21)11-20-12-18(4,5)15(20)14-8-7-9-23-14/h13-15,21H,7-12H2,1-6H3/t13-,14-,15+/m0/s1. The smallest absolute Gasteiger partial charge is 0.410 e. The average Bonchev–Trinajstić information content (AvgIpc) is 2.88. The Hall–Kier alpha value is -0.850. The van der Waals surface area contributed by atoms with E-state index in [2.05, 4.69) is 18.7 Å². The van der Waals surface area contributed by atoms with E-state index in [4.69, 9.17) is 9.47 Å². The second-order valence-corrected chi connectivity index (χ2v) is 8.93. The zero-order valence-corrected chi connectivity index (χ0v) is 16.0. The van der Waals surface area contributed by atoms with Crippen molar-refractivity contribution in [2.45, 2.75) is 71.3 Å². The Bertz CT molecular complexity index is 441. The summed E-state index contributed by atoms with van der Waals surface area (Å²) < 4.78 is 11.2. The lowest BCUT2D eigenvalue weighted by Gasteiger charge is -2.57. The Kier molecular flexibility index (Phi) is 5.83. The monoisotopic (exact) mass is 342 g/mol. The van der Waals surface area contributed by atoms with Gasteiger partial charge in [-0.15, -0.1) is 0 Å². The van der Waals surface area contributed by atoms with Gasteiger partial charge < -0.3 is 19.5 Å². The van der Waals surface area contributed by atoms with Gasteiger partial charge in [-0.1, -0.05) is 13.8 Å². The number of ether oxygens (including phenoxy) is 2. The van der Waals surface area contributed by atoms with Crippen LogP contribution in [0.15, 0.2) is 0 Å².